The highest BCUT2D eigenvalue weighted by Crippen LogP contribution is 2.38. The van der Waals surface area contributed by atoms with Crippen molar-refractivity contribution in [2.24, 2.45) is 5.92 Å². The Kier molecular flexibility index (Phi) is 21.5. The zero-order valence-electron chi connectivity index (χ0n) is 26.1. The number of hydrogen-bond donors (Lipinski definition) is 3. The fourth-order valence-corrected chi connectivity index (χ4v) is 5.17. The lowest BCUT2D eigenvalue weighted by Gasteiger charge is -2.22. The number of benzene rings is 1. The third-order valence-corrected chi connectivity index (χ3v) is 8.47. The minimum absolute atomic E-state index is 0.0139. The van der Waals surface area contributed by atoms with Crippen LogP contribution in [0.5, 0.6) is 5.75 Å². The van der Waals surface area contributed by atoms with E-state index in [0.717, 1.165) is 6.54 Å². The summed E-state index contributed by atoms with van der Waals surface area (Å²) in [6, 6.07) is 7.26. The summed E-state index contributed by atoms with van der Waals surface area (Å²) in [6.07, 6.45) is 4.22. The number of hydrogen-bond acceptors (Lipinski definition) is 10. The Labute approximate surface area is 260 Å². The maximum absolute atomic E-state index is 12.3. The van der Waals surface area contributed by atoms with Crippen LogP contribution in [0.25, 0.3) is 0 Å². The van der Waals surface area contributed by atoms with Gasteiger partial charge in [-0.2, -0.15) is 0 Å². The van der Waals surface area contributed by atoms with E-state index in [4.69, 9.17) is 23.7 Å². The summed E-state index contributed by atoms with van der Waals surface area (Å²) in [6.45, 7) is 14.7. The molecule has 1 aromatic rings. The van der Waals surface area contributed by atoms with Crippen LogP contribution < -0.4 is 20.7 Å². The molecule has 0 radical (unpaired) electrons. The van der Waals surface area contributed by atoms with Crippen molar-refractivity contribution in [2.45, 2.75) is 51.2 Å². The highest BCUT2D eigenvalue weighted by atomic mass is 33.1. The van der Waals surface area contributed by atoms with E-state index in [9.17, 15) is 9.59 Å². The van der Waals surface area contributed by atoms with Crippen molar-refractivity contribution in [2.75, 3.05) is 78.3 Å². The summed E-state index contributed by atoms with van der Waals surface area (Å²) in [7, 11) is 5.17. The topological polar surface area (TPSA) is 116 Å². The van der Waals surface area contributed by atoms with Crippen molar-refractivity contribution in [1.29, 1.82) is 0 Å². The van der Waals surface area contributed by atoms with Crippen molar-refractivity contribution in [3.05, 3.63) is 36.4 Å². The average molecular weight is 630 g/mol. The second-order valence-electron chi connectivity index (χ2n) is 10.6. The zero-order chi connectivity index (χ0) is 31.1. The lowest BCUT2D eigenvalue weighted by atomic mass is 10.2. The van der Waals surface area contributed by atoms with Gasteiger partial charge in [-0.1, -0.05) is 74.4 Å². The molecule has 0 spiro atoms. The monoisotopic (exact) mass is 629 g/mol. The van der Waals surface area contributed by atoms with Crippen LogP contribution in [0.4, 0.5) is 5.69 Å². The number of carbonyl (C=O) groups excluding carboxylic acids is 2. The summed E-state index contributed by atoms with van der Waals surface area (Å²) in [4.78, 5) is 24.2. The van der Waals surface area contributed by atoms with Crippen LogP contribution in [0.1, 0.15) is 41.0 Å². The molecule has 0 saturated heterocycles. The van der Waals surface area contributed by atoms with E-state index in [-0.39, 0.29) is 35.0 Å². The van der Waals surface area contributed by atoms with E-state index in [2.05, 4.69) is 50.6 Å². The zero-order valence-corrected chi connectivity index (χ0v) is 27.7. The predicted octanol–water partition coefficient (Wildman–Crippen LogP) is 4.51. The minimum atomic E-state index is -0.259. The number of likely N-dealkylation sites (N-methyl/N-ethyl adjacent to an activating group) is 1. The summed E-state index contributed by atoms with van der Waals surface area (Å²) < 4.78 is 28.4. The smallest absolute Gasteiger partial charge is 0.246 e. The highest BCUT2D eigenvalue weighted by molar-refractivity contribution is 8.77. The van der Waals surface area contributed by atoms with Crippen LogP contribution in [0, 0.1) is 5.92 Å². The molecule has 0 heterocycles. The van der Waals surface area contributed by atoms with Gasteiger partial charge >= 0.3 is 0 Å². The van der Waals surface area contributed by atoms with Gasteiger partial charge in [-0.05, 0) is 25.1 Å². The Bertz CT molecular complexity index is 898. The Morgan fingerprint density at radius 1 is 0.976 bits per heavy atom. The first-order valence-corrected chi connectivity index (χ1v) is 16.6. The van der Waals surface area contributed by atoms with Crippen molar-refractivity contribution in [1.82, 2.24) is 10.6 Å². The van der Waals surface area contributed by atoms with Gasteiger partial charge in [-0.3, -0.25) is 9.59 Å². The molecule has 0 aliphatic carbocycles. The fraction of sp³-hybridized carbons (Fsp3) is 0.667. The maximum atomic E-state index is 12.3. The molecule has 0 bridgehead atoms. The molecule has 10 nitrogen and oxygen atoms in total. The first-order chi connectivity index (χ1) is 20.1. The lowest BCUT2D eigenvalue weighted by molar-refractivity contribution is -0.126. The van der Waals surface area contributed by atoms with E-state index >= 15 is 0 Å². The first-order valence-electron chi connectivity index (χ1n) is 14.4. The number of carbonyl (C=O) groups is 2. The van der Waals surface area contributed by atoms with Gasteiger partial charge in [0.15, 0.2) is 0 Å². The quantitative estimate of drug-likeness (QED) is 0.0653. The maximum Gasteiger partial charge on any atom is 0.246 e. The standard InChI is InChI=1S/C30H51N3O7S2/c1-24(2)9-8-13-32-28(35)22-38-19-20-39-29(41-42-30(3,4)5)23-40-26-11-7-10-25(21-26)33-27(34)12-15-36-17-18-37-16-14-31-6/h7-11,21,24,29,31H,12-20,22-23H2,1-6H3,(H,32,35)(H,33,34)/b9-8+/t29-/m0/s1. The normalized spacial score (nSPS) is 12.5. The SMILES string of the molecule is CNCCOCCOCCC(=O)Nc1cccc(OC[C@@H](OCCOCC(=O)NC/C=C/C(C)C)SSC(C)(C)C)c1. The molecule has 1 rings (SSSR count). The highest BCUT2D eigenvalue weighted by Gasteiger charge is 2.18. The van der Waals surface area contributed by atoms with E-state index < -0.39 is 0 Å². The van der Waals surface area contributed by atoms with E-state index in [1.807, 2.05) is 37.4 Å². The molecule has 0 unspecified atom stereocenters. The second kappa shape index (κ2) is 23.6. The molecule has 240 valence electrons. The van der Waals surface area contributed by atoms with Gasteiger partial charge in [-0.25, -0.2) is 0 Å². The molecule has 0 fully saturated rings. The number of amides is 2. The molecule has 0 aliphatic rings. The number of allylic oxidation sites excluding steroid dienone is 1. The van der Waals surface area contributed by atoms with E-state index in [1.165, 1.54) is 0 Å². The van der Waals surface area contributed by atoms with Crippen LogP contribution in [-0.4, -0.2) is 95.0 Å². The Hall–Kier alpha value is -1.80. The third-order valence-electron chi connectivity index (χ3n) is 4.95. The number of rotatable bonds is 24. The molecular weight excluding hydrogens is 578 g/mol. The summed E-state index contributed by atoms with van der Waals surface area (Å²) in [5.74, 6) is 0.775. The van der Waals surface area contributed by atoms with Crippen LogP contribution in [-0.2, 0) is 28.5 Å². The Morgan fingerprint density at radius 3 is 2.43 bits per heavy atom. The van der Waals surface area contributed by atoms with Crippen molar-refractivity contribution in [3.63, 3.8) is 0 Å². The molecule has 2 amide bonds. The second-order valence-corrected chi connectivity index (χ2v) is 13.8. The number of anilines is 1. The van der Waals surface area contributed by atoms with Crippen LogP contribution >= 0.6 is 21.6 Å². The van der Waals surface area contributed by atoms with Crippen LogP contribution in [0.3, 0.4) is 0 Å². The summed E-state index contributed by atoms with van der Waals surface area (Å²) >= 11 is 0. The minimum Gasteiger partial charge on any atom is -0.490 e. The average Bonchev–Trinajstić information content (AvgIpc) is 2.93. The predicted molar refractivity (Wildman–Crippen MR) is 173 cm³/mol. The molecule has 42 heavy (non-hydrogen) atoms. The van der Waals surface area contributed by atoms with Gasteiger partial charge in [0.05, 0.1) is 46.1 Å². The van der Waals surface area contributed by atoms with Gasteiger partial charge in [0, 0.05) is 29.6 Å². The fourth-order valence-electron chi connectivity index (χ4n) is 2.98. The molecule has 1 aromatic carbocycles. The van der Waals surface area contributed by atoms with Gasteiger partial charge in [-0.15, -0.1) is 0 Å². The van der Waals surface area contributed by atoms with Crippen LogP contribution in [0.2, 0.25) is 0 Å². The van der Waals surface area contributed by atoms with Crippen molar-refractivity contribution < 1.29 is 33.3 Å². The van der Waals surface area contributed by atoms with Gasteiger partial charge < -0.3 is 39.6 Å². The van der Waals surface area contributed by atoms with Gasteiger partial charge in [0.1, 0.15) is 24.4 Å². The lowest BCUT2D eigenvalue weighted by Crippen LogP contribution is -2.28. The van der Waals surface area contributed by atoms with Gasteiger partial charge in [0.25, 0.3) is 0 Å². The van der Waals surface area contributed by atoms with Crippen molar-refractivity contribution >= 4 is 39.1 Å². The number of ether oxygens (including phenoxy) is 5. The molecule has 3 N–H and O–H groups in total. The summed E-state index contributed by atoms with van der Waals surface area (Å²) in [5.41, 5.74) is 0.388. The molecular formula is C30H51N3O7S2. The Morgan fingerprint density at radius 2 is 1.71 bits per heavy atom. The van der Waals surface area contributed by atoms with Crippen LogP contribution in [0.15, 0.2) is 36.4 Å². The molecule has 0 aliphatic heterocycles. The van der Waals surface area contributed by atoms with E-state index in [1.54, 1.807) is 27.7 Å². The third kappa shape index (κ3) is 22.8. The van der Waals surface area contributed by atoms with Gasteiger partial charge in [0.2, 0.25) is 11.8 Å². The van der Waals surface area contributed by atoms with E-state index in [0.29, 0.717) is 70.1 Å². The van der Waals surface area contributed by atoms with Crippen molar-refractivity contribution in [3.8, 4) is 5.75 Å². The number of nitrogens with one attached hydrogen (secondary N) is 3. The molecule has 12 heteroatoms. The Balaban J connectivity index is 2.41. The first kappa shape index (κ1) is 38.2. The summed E-state index contributed by atoms with van der Waals surface area (Å²) in [5, 5.41) is 8.68. The largest absolute Gasteiger partial charge is 0.490 e. The molecule has 0 saturated carbocycles. The molecule has 1 atom stereocenters. The molecule has 0 aromatic heterocycles.